The maximum Gasteiger partial charge on any atom is 0.193 e. The van der Waals surface area contributed by atoms with Crippen LogP contribution in [0.2, 0.25) is 109 Å². The van der Waals surface area contributed by atoms with Gasteiger partial charge < -0.3 is 50.6 Å². The summed E-state index contributed by atoms with van der Waals surface area (Å²) in [5.41, 5.74) is 0. The Labute approximate surface area is 538 Å². The summed E-state index contributed by atoms with van der Waals surface area (Å²) in [6.45, 7) is 71.7. The van der Waals surface area contributed by atoms with E-state index in [1.807, 2.05) is 0 Å². The summed E-state index contributed by atoms with van der Waals surface area (Å²) >= 11 is 4.63. The lowest BCUT2D eigenvalue weighted by Crippen LogP contribution is -2.69. The molecule has 0 amide bonds. The topological polar surface area (TPSA) is 113 Å². The number of ether oxygens (including phenoxy) is 4. The highest BCUT2D eigenvalue weighted by molar-refractivity contribution is 14.1. The van der Waals surface area contributed by atoms with Gasteiger partial charge in [0, 0.05) is 6.61 Å². The SMILES string of the molecule is CC(C)(C)[Si](C)(C)O[C@@H]1[C@H](O[Si](C)(C)C(C)(C)C)[C@H]([C@H](/C=C/I)O[Si](C)(C)C(C)(C)C)O[C@H]2CC[C@H](CCO)O[C@H]12.CCC[C@H]1CC[C@@H]2O[C@@H]([C@H](/C=C/I)O[Si](C)(C)C(C)(C)C)[C@@H](O[Si](C)(C)C(C)(C)C)[C@@H](O[Si](C)(C)C(C)(C)C)[C@H]2O1. The van der Waals surface area contributed by atoms with Crippen LogP contribution in [0.1, 0.15) is 176 Å². The average molecular weight is 1480 g/mol. The molecule has 484 valence electrons. The van der Waals surface area contributed by atoms with Gasteiger partial charge in [-0.1, -0.05) is 183 Å². The predicted octanol–water partition coefficient (Wildman–Crippen LogP) is 19.0. The first-order valence-electron chi connectivity index (χ1n) is 31.6. The van der Waals surface area contributed by atoms with Crippen LogP contribution in [0, 0.1) is 0 Å². The van der Waals surface area contributed by atoms with Gasteiger partial charge in [0.25, 0.3) is 0 Å². The van der Waals surface area contributed by atoms with Crippen LogP contribution in [0.25, 0.3) is 0 Å². The second kappa shape index (κ2) is 29.2. The van der Waals surface area contributed by atoms with Crippen molar-refractivity contribution in [3.63, 3.8) is 0 Å². The molecule has 0 spiro atoms. The van der Waals surface area contributed by atoms with Gasteiger partial charge in [0.15, 0.2) is 49.9 Å². The molecule has 0 unspecified atom stereocenters. The second-order valence-corrected chi connectivity index (χ2v) is 63.8. The van der Waals surface area contributed by atoms with Crippen LogP contribution in [0.4, 0.5) is 0 Å². The largest absolute Gasteiger partial charge is 0.408 e. The third-order valence-electron chi connectivity index (χ3n) is 21.2. The predicted molar refractivity (Wildman–Crippen MR) is 378 cm³/mol. The van der Waals surface area contributed by atoms with E-state index in [-0.39, 0.29) is 122 Å². The Bertz CT molecular complexity index is 1890. The summed E-state index contributed by atoms with van der Waals surface area (Å²) < 4.78 is 76.0. The fourth-order valence-electron chi connectivity index (χ4n) is 9.59. The van der Waals surface area contributed by atoms with Crippen LogP contribution in [-0.4, -0.2) is 147 Å². The number of fused-ring (bicyclic) bond motifs is 2. The molecule has 0 radical (unpaired) electrons. The normalized spacial score (nSPS) is 30.0. The Morgan fingerprint density at radius 2 is 0.683 bits per heavy atom. The van der Waals surface area contributed by atoms with Gasteiger partial charge >= 0.3 is 0 Å². The summed E-state index contributed by atoms with van der Waals surface area (Å²) in [5, 5.41) is 10.0. The highest BCUT2D eigenvalue weighted by Crippen LogP contribution is 2.50. The van der Waals surface area contributed by atoms with Crippen LogP contribution < -0.4 is 0 Å². The quantitative estimate of drug-likeness (QED) is 0.0929. The van der Waals surface area contributed by atoms with E-state index in [9.17, 15) is 5.11 Å². The minimum absolute atomic E-state index is 0.00560. The summed E-state index contributed by atoms with van der Waals surface area (Å²) in [4.78, 5) is 0. The zero-order chi connectivity index (χ0) is 63.6. The summed E-state index contributed by atoms with van der Waals surface area (Å²) in [6, 6.07) is 0. The van der Waals surface area contributed by atoms with Crippen LogP contribution >= 0.6 is 45.2 Å². The number of halogens is 2. The molecule has 4 rings (SSSR count). The van der Waals surface area contributed by atoms with Crippen LogP contribution in [0.5, 0.6) is 0 Å². The average Bonchev–Trinajstić information content (AvgIpc) is 3.28. The molecule has 0 saturated carbocycles. The molecule has 4 aliphatic rings. The van der Waals surface area contributed by atoms with Crippen molar-refractivity contribution in [2.24, 2.45) is 0 Å². The van der Waals surface area contributed by atoms with Gasteiger partial charge in [-0.25, -0.2) is 0 Å². The highest BCUT2D eigenvalue weighted by atomic mass is 127. The van der Waals surface area contributed by atoms with Gasteiger partial charge in [-0.15, -0.1) is 0 Å². The van der Waals surface area contributed by atoms with E-state index >= 15 is 0 Å². The first-order valence-corrected chi connectivity index (χ1v) is 51.5. The van der Waals surface area contributed by atoms with Crippen molar-refractivity contribution >= 4 is 95.1 Å². The highest BCUT2D eigenvalue weighted by Gasteiger charge is 2.60. The van der Waals surface area contributed by atoms with Gasteiger partial charge in [0.1, 0.15) is 48.8 Å². The molecule has 0 aromatic heterocycles. The molecule has 1 N–H and O–H groups in total. The Hall–Kier alpha value is 1.80. The van der Waals surface area contributed by atoms with E-state index in [4.69, 9.17) is 45.5 Å². The number of hydrogen-bond acceptors (Lipinski definition) is 11. The molecular formula is C63H128I2O11Si6. The summed E-state index contributed by atoms with van der Waals surface area (Å²) in [7, 11) is -13.2. The van der Waals surface area contributed by atoms with E-state index in [0.29, 0.717) is 6.42 Å². The van der Waals surface area contributed by atoms with E-state index in [0.717, 1.165) is 38.5 Å². The fourth-order valence-corrected chi connectivity index (χ4v) is 18.1. The lowest BCUT2D eigenvalue weighted by molar-refractivity contribution is -0.267. The van der Waals surface area contributed by atoms with Crippen molar-refractivity contribution in [3.8, 4) is 0 Å². The molecule has 11 nitrogen and oxygen atoms in total. The number of aliphatic hydroxyl groups is 1. The molecular weight excluding hydrogens is 1360 g/mol. The third-order valence-corrected chi connectivity index (χ3v) is 48.9. The number of aliphatic hydroxyl groups excluding tert-OH is 1. The fraction of sp³-hybridized carbons (Fsp3) is 0.937. The summed E-state index contributed by atoms with van der Waals surface area (Å²) in [6.07, 6.45) is 8.42. The van der Waals surface area contributed by atoms with E-state index < -0.39 is 49.9 Å². The third kappa shape index (κ3) is 19.9. The van der Waals surface area contributed by atoms with Gasteiger partial charge in [-0.3, -0.25) is 0 Å². The molecule has 4 fully saturated rings. The van der Waals surface area contributed by atoms with Crippen LogP contribution in [0.3, 0.4) is 0 Å². The smallest absolute Gasteiger partial charge is 0.193 e. The van der Waals surface area contributed by atoms with Crippen LogP contribution in [0.15, 0.2) is 20.3 Å². The lowest BCUT2D eigenvalue weighted by atomic mass is 9.87. The lowest BCUT2D eigenvalue weighted by Gasteiger charge is -2.56. The molecule has 82 heavy (non-hydrogen) atoms. The van der Waals surface area contributed by atoms with Crippen molar-refractivity contribution in [2.75, 3.05) is 6.61 Å². The Morgan fingerprint density at radius 1 is 0.415 bits per heavy atom. The molecule has 4 heterocycles. The number of hydrogen-bond donors (Lipinski definition) is 1. The number of rotatable bonds is 20. The van der Waals surface area contributed by atoms with E-state index in [1.165, 1.54) is 0 Å². The van der Waals surface area contributed by atoms with Crippen molar-refractivity contribution < 1.29 is 50.6 Å². The maximum atomic E-state index is 9.74. The molecule has 19 heteroatoms. The van der Waals surface area contributed by atoms with Gasteiger partial charge in [0.05, 0.1) is 36.6 Å². The van der Waals surface area contributed by atoms with Crippen molar-refractivity contribution in [2.45, 2.75) is 371 Å². The Morgan fingerprint density at radius 3 is 0.927 bits per heavy atom. The van der Waals surface area contributed by atoms with Gasteiger partial charge in [0.2, 0.25) is 0 Å². The summed E-state index contributed by atoms with van der Waals surface area (Å²) in [5.74, 6) is 0. The van der Waals surface area contributed by atoms with Crippen molar-refractivity contribution in [1.29, 1.82) is 0 Å². The zero-order valence-corrected chi connectivity index (χ0v) is 68.6. The Kier molecular flexibility index (Phi) is 27.8. The minimum Gasteiger partial charge on any atom is -0.408 e. The molecule has 4 saturated heterocycles. The van der Waals surface area contributed by atoms with Gasteiger partial charge in [-0.2, -0.15) is 0 Å². The molecule has 0 bridgehead atoms. The molecule has 14 atom stereocenters. The van der Waals surface area contributed by atoms with E-state index in [2.05, 4.69) is 276 Å². The zero-order valence-electron chi connectivity index (χ0n) is 58.3. The first-order chi connectivity index (χ1) is 36.8. The second-order valence-electron chi connectivity index (χ2n) is 33.9. The molecule has 0 aromatic rings. The van der Waals surface area contributed by atoms with Crippen molar-refractivity contribution in [3.05, 3.63) is 20.3 Å². The Balaban J connectivity index is 0.000000430. The van der Waals surface area contributed by atoms with Gasteiger partial charge in [-0.05, 0) is 168 Å². The standard InChI is InChI=1S/C32H65IO5Si3.C31H63IO6Si3/c1-17-18-23-19-20-24-26(34-23)28(37-40(13,14)31(5,6)7)29(38-41(15,16)32(8,9)10)27(35-24)25(21-22-33)36-39(11,12)30(2,3)4;1-29(2,3)39(10,11)36-24(18-20-32)26-28(38-41(14,15)31(7,8)9)27(37-40(12,13)30(4,5)6)25-23(35-26)17-16-22(34-25)19-21-33/h21-29H,17-20H2,1-16H3;18,20,22-28,33H,16-17,19,21H2,1-15H3/b22-21+;20-18+/t23-,24-,25-,26-,27-,28-,29+;22-,23+,24+,25+,26+,27+,28-/m01/s1. The van der Waals surface area contributed by atoms with E-state index in [1.54, 1.807) is 0 Å². The monoisotopic (exact) mass is 1480 g/mol. The van der Waals surface area contributed by atoms with Crippen LogP contribution in [-0.2, 0) is 45.5 Å². The van der Waals surface area contributed by atoms with Crippen molar-refractivity contribution in [1.82, 2.24) is 0 Å². The first kappa shape index (κ1) is 78.0. The molecule has 0 aromatic carbocycles. The minimum atomic E-state index is -2.26. The molecule has 4 aliphatic heterocycles. The maximum absolute atomic E-state index is 9.74. The molecule has 0 aliphatic carbocycles.